The van der Waals surface area contributed by atoms with Crippen LogP contribution in [0.2, 0.25) is 0 Å². The molecule has 0 saturated carbocycles. The molecule has 1 aromatic carbocycles. The number of rotatable bonds is 4. The first kappa shape index (κ1) is 21.1. The molecule has 1 heterocycles. The normalized spacial score (nSPS) is 17.1. The van der Waals surface area contributed by atoms with Crippen LogP contribution in [-0.2, 0) is 20.4 Å². The lowest BCUT2D eigenvalue weighted by molar-refractivity contribution is -0.140. The number of benzene rings is 1. The maximum Gasteiger partial charge on any atom is 0.419 e. The standard InChI is InChI=1S/C18H16F4N2O4/c1-4-27-17(25)12-8(2)28-16(24)10(7-23)13(12)9-5-6-11(18(20,21)22)14(19)15(9)26-3/h5-6,13H,4,24H2,1-3H3. The number of methoxy groups -OCH3 is 1. The second-order valence-corrected chi connectivity index (χ2v) is 5.66. The van der Waals surface area contributed by atoms with Gasteiger partial charge in [0.05, 0.1) is 30.8 Å². The Morgan fingerprint density at radius 1 is 1.39 bits per heavy atom. The van der Waals surface area contributed by atoms with Crippen LogP contribution in [0.15, 0.2) is 34.9 Å². The molecule has 0 fully saturated rings. The van der Waals surface area contributed by atoms with Crippen molar-refractivity contribution in [3.8, 4) is 11.8 Å². The molecule has 2 N–H and O–H groups in total. The highest BCUT2D eigenvalue weighted by atomic mass is 19.4. The maximum absolute atomic E-state index is 14.5. The molecule has 1 aromatic rings. The summed E-state index contributed by atoms with van der Waals surface area (Å²) >= 11 is 0. The highest BCUT2D eigenvalue weighted by Crippen LogP contribution is 2.46. The van der Waals surface area contributed by atoms with Crippen molar-refractivity contribution in [3.63, 3.8) is 0 Å². The molecule has 1 aliphatic heterocycles. The molecule has 150 valence electrons. The SMILES string of the molecule is CCOC(=O)C1=C(C)OC(N)=C(C#N)C1c1ccc(C(F)(F)F)c(F)c1OC. The number of allylic oxidation sites excluding steroid dienone is 2. The van der Waals surface area contributed by atoms with Crippen molar-refractivity contribution in [3.05, 3.63) is 51.9 Å². The van der Waals surface area contributed by atoms with Gasteiger partial charge < -0.3 is 19.9 Å². The zero-order chi connectivity index (χ0) is 21.2. The Bertz CT molecular complexity index is 913. The topological polar surface area (TPSA) is 94.6 Å². The van der Waals surface area contributed by atoms with E-state index in [0.717, 1.165) is 13.2 Å². The van der Waals surface area contributed by atoms with Gasteiger partial charge in [-0.2, -0.15) is 18.4 Å². The number of ether oxygens (including phenoxy) is 3. The number of carbonyl (C=O) groups is 1. The number of esters is 1. The van der Waals surface area contributed by atoms with Gasteiger partial charge >= 0.3 is 12.1 Å². The van der Waals surface area contributed by atoms with E-state index in [9.17, 15) is 27.6 Å². The molecular weight excluding hydrogens is 384 g/mol. The fourth-order valence-corrected chi connectivity index (χ4v) is 2.89. The summed E-state index contributed by atoms with van der Waals surface area (Å²) in [5, 5.41) is 9.47. The first-order valence-electron chi connectivity index (χ1n) is 7.97. The van der Waals surface area contributed by atoms with Gasteiger partial charge in [-0.1, -0.05) is 6.07 Å². The summed E-state index contributed by atoms with van der Waals surface area (Å²) in [6.45, 7) is 2.90. The van der Waals surface area contributed by atoms with Crippen molar-refractivity contribution >= 4 is 5.97 Å². The highest BCUT2D eigenvalue weighted by Gasteiger charge is 2.41. The van der Waals surface area contributed by atoms with Crippen LogP contribution in [0, 0.1) is 17.1 Å². The van der Waals surface area contributed by atoms with Crippen LogP contribution < -0.4 is 10.5 Å². The predicted molar refractivity (Wildman–Crippen MR) is 87.9 cm³/mol. The predicted octanol–water partition coefficient (Wildman–Crippen LogP) is 3.50. The minimum atomic E-state index is -4.96. The molecule has 0 saturated heterocycles. The minimum absolute atomic E-state index is 0.0120. The van der Waals surface area contributed by atoms with Gasteiger partial charge in [0.1, 0.15) is 17.4 Å². The molecule has 0 radical (unpaired) electrons. The van der Waals surface area contributed by atoms with Crippen LogP contribution in [0.5, 0.6) is 5.75 Å². The van der Waals surface area contributed by atoms with Gasteiger partial charge in [0.2, 0.25) is 5.88 Å². The lowest BCUT2D eigenvalue weighted by Crippen LogP contribution is -2.26. The number of carbonyl (C=O) groups excluding carboxylic acids is 1. The Hall–Kier alpha value is -3.22. The second-order valence-electron chi connectivity index (χ2n) is 5.66. The molecule has 2 rings (SSSR count). The molecule has 6 nitrogen and oxygen atoms in total. The largest absolute Gasteiger partial charge is 0.493 e. The van der Waals surface area contributed by atoms with Gasteiger partial charge in [-0.15, -0.1) is 0 Å². The van der Waals surface area contributed by atoms with Crippen LogP contribution in [0.3, 0.4) is 0 Å². The summed E-state index contributed by atoms with van der Waals surface area (Å²) in [6.07, 6.45) is -4.96. The first-order valence-corrected chi connectivity index (χ1v) is 7.97. The molecule has 0 amide bonds. The van der Waals surface area contributed by atoms with Crippen molar-refractivity contribution in [2.24, 2.45) is 5.73 Å². The summed E-state index contributed by atoms with van der Waals surface area (Å²) in [4.78, 5) is 12.4. The zero-order valence-corrected chi connectivity index (χ0v) is 15.1. The molecule has 28 heavy (non-hydrogen) atoms. The Labute approximate surface area is 157 Å². The lowest BCUT2D eigenvalue weighted by atomic mass is 9.82. The maximum atomic E-state index is 14.5. The van der Waals surface area contributed by atoms with Crippen molar-refractivity contribution in [1.29, 1.82) is 5.26 Å². The third-order valence-electron chi connectivity index (χ3n) is 4.05. The second kappa shape index (κ2) is 7.80. The van der Waals surface area contributed by atoms with E-state index in [1.54, 1.807) is 13.0 Å². The highest BCUT2D eigenvalue weighted by molar-refractivity contribution is 5.92. The van der Waals surface area contributed by atoms with E-state index in [1.165, 1.54) is 6.92 Å². The number of alkyl halides is 3. The van der Waals surface area contributed by atoms with Crippen molar-refractivity contribution in [1.82, 2.24) is 0 Å². The average molecular weight is 400 g/mol. The number of halogens is 4. The molecule has 1 atom stereocenters. The molecule has 0 bridgehead atoms. The summed E-state index contributed by atoms with van der Waals surface area (Å²) < 4.78 is 68.6. The third kappa shape index (κ3) is 3.60. The Kier molecular flexibility index (Phi) is 5.87. The smallest absolute Gasteiger partial charge is 0.419 e. The summed E-state index contributed by atoms with van der Waals surface area (Å²) in [7, 11) is 0.973. The van der Waals surface area contributed by atoms with E-state index in [4.69, 9.17) is 19.9 Å². The third-order valence-corrected chi connectivity index (χ3v) is 4.05. The van der Waals surface area contributed by atoms with Gasteiger partial charge in [-0.05, 0) is 19.9 Å². The van der Waals surface area contributed by atoms with Crippen LogP contribution in [0.4, 0.5) is 17.6 Å². The molecule has 0 spiro atoms. The lowest BCUT2D eigenvalue weighted by Gasteiger charge is -2.28. The first-order chi connectivity index (χ1) is 13.1. The fraction of sp³-hybridized carbons (Fsp3) is 0.333. The number of nitrogens with zero attached hydrogens (tertiary/aromatic N) is 1. The van der Waals surface area contributed by atoms with Crippen LogP contribution in [-0.4, -0.2) is 19.7 Å². The zero-order valence-electron chi connectivity index (χ0n) is 15.1. The number of nitrogens with two attached hydrogens (primary N) is 1. The fourth-order valence-electron chi connectivity index (χ4n) is 2.89. The molecule has 10 heteroatoms. The van der Waals surface area contributed by atoms with E-state index < -0.39 is 35.2 Å². The minimum Gasteiger partial charge on any atom is -0.493 e. The molecule has 0 aromatic heterocycles. The summed E-state index contributed by atoms with van der Waals surface area (Å²) in [5.41, 5.74) is 3.49. The van der Waals surface area contributed by atoms with Crippen molar-refractivity contribution in [2.75, 3.05) is 13.7 Å². The average Bonchev–Trinajstić information content (AvgIpc) is 2.59. The van der Waals surface area contributed by atoms with Crippen LogP contribution in [0.1, 0.15) is 30.9 Å². The van der Waals surface area contributed by atoms with E-state index in [1.807, 2.05) is 0 Å². The van der Waals surface area contributed by atoms with Crippen LogP contribution in [0.25, 0.3) is 0 Å². The summed E-state index contributed by atoms with van der Waals surface area (Å²) in [5.74, 6) is -5.03. The molecule has 1 aliphatic rings. The quantitative estimate of drug-likeness (QED) is 0.614. The van der Waals surface area contributed by atoms with Gasteiger partial charge in [0.25, 0.3) is 0 Å². The van der Waals surface area contributed by atoms with Crippen molar-refractivity contribution in [2.45, 2.75) is 25.9 Å². The van der Waals surface area contributed by atoms with Gasteiger partial charge in [-0.3, -0.25) is 0 Å². The molecule has 1 unspecified atom stereocenters. The van der Waals surface area contributed by atoms with E-state index in [-0.39, 0.29) is 35.0 Å². The molecular formula is C18H16F4N2O4. The molecule has 0 aliphatic carbocycles. The van der Waals surface area contributed by atoms with E-state index >= 15 is 0 Å². The Morgan fingerprint density at radius 2 is 2.04 bits per heavy atom. The summed E-state index contributed by atoms with van der Waals surface area (Å²) in [6, 6.07) is 3.19. The van der Waals surface area contributed by atoms with Gasteiger partial charge in [0.15, 0.2) is 11.6 Å². The Morgan fingerprint density at radius 3 is 2.54 bits per heavy atom. The van der Waals surface area contributed by atoms with Crippen LogP contribution >= 0.6 is 0 Å². The van der Waals surface area contributed by atoms with Crippen molar-refractivity contribution < 1.29 is 36.6 Å². The Balaban J connectivity index is 2.80. The number of hydrogen-bond donors (Lipinski definition) is 1. The van der Waals surface area contributed by atoms with Gasteiger partial charge in [0, 0.05) is 5.56 Å². The van der Waals surface area contributed by atoms with E-state index in [0.29, 0.717) is 6.07 Å². The van der Waals surface area contributed by atoms with E-state index in [2.05, 4.69) is 0 Å². The van der Waals surface area contributed by atoms with Gasteiger partial charge in [-0.25, -0.2) is 9.18 Å². The number of nitriles is 1. The monoisotopic (exact) mass is 400 g/mol. The number of hydrogen-bond acceptors (Lipinski definition) is 6.